The van der Waals surface area contributed by atoms with E-state index in [0.717, 1.165) is 40.4 Å². The molecule has 1 fully saturated rings. The highest BCUT2D eigenvalue weighted by atomic mass is 32.2. The van der Waals surface area contributed by atoms with Crippen LogP contribution in [0.2, 0.25) is 0 Å². The number of pyridine rings is 2. The second-order valence-corrected chi connectivity index (χ2v) is 10.7. The van der Waals surface area contributed by atoms with Crippen molar-refractivity contribution in [3.63, 3.8) is 0 Å². The van der Waals surface area contributed by atoms with Crippen molar-refractivity contribution in [2.24, 2.45) is 16.9 Å². The summed E-state index contributed by atoms with van der Waals surface area (Å²) in [5.74, 6) is 0.879. The van der Waals surface area contributed by atoms with E-state index in [0.29, 0.717) is 23.4 Å². The minimum atomic E-state index is -0.243. The van der Waals surface area contributed by atoms with Crippen LogP contribution in [0.15, 0.2) is 54.2 Å². The number of hydrazone groups is 1. The average Bonchev–Trinajstić information content (AvgIpc) is 3.18. The fourth-order valence-corrected chi connectivity index (χ4v) is 5.69. The van der Waals surface area contributed by atoms with Gasteiger partial charge in [0.25, 0.3) is 0 Å². The lowest BCUT2D eigenvalue weighted by molar-refractivity contribution is -0.120. The molecule has 180 valence electrons. The third-order valence-corrected chi connectivity index (χ3v) is 7.53. The maximum absolute atomic E-state index is 12.2. The first-order chi connectivity index (χ1) is 17.1. The Morgan fingerprint density at radius 3 is 2.40 bits per heavy atom. The van der Waals surface area contributed by atoms with Gasteiger partial charge in [-0.3, -0.25) is 25.0 Å². The van der Waals surface area contributed by atoms with Crippen molar-refractivity contribution in [2.75, 3.05) is 5.32 Å². The molecule has 1 saturated carbocycles. The molecule has 3 aromatic rings. The standard InChI is InChI=1S/C23H24N8O2S2/c32-18(7-14-3-1-5-24-12-14)26-22-30-28-20(34-22)10-16-9-17(16)11-21-29-31-23(35-21)27-19(33)8-15-4-2-6-25-13-15/h1-6,12-13,16-17,22,30H,7-11H2,(H,26,32)(H,27,31,33)/t16-,17-,22?/m1/s1. The van der Waals surface area contributed by atoms with Crippen molar-refractivity contribution in [3.8, 4) is 0 Å². The minimum Gasteiger partial charge on any atom is -0.326 e. The molecular weight excluding hydrogens is 484 g/mol. The van der Waals surface area contributed by atoms with E-state index >= 15 is 0 Å². The minimum absolute atomic E-state index is 0.0663. The maximum Gasteiger partial charge on any atom is 0.230 e. The van der Waals surface area contributed by atoms with Crippen molar-refractivity contribution in [3.05, 3.63) is 65.2 Å². The zero-order chi connectivity index (χ0) is 24.0. The van der Waals surface area contributed by atoms with Crippen LogP contribution in [0.25, 0.3) is 0 Å². The number of nitrogens with one attached hydrogen (secondary N) is 3. The molecule has 35 heavy (non-hydrogen) atoms. The van der Waals surface area contributed by atoms with Gasteiger partial charge in [-0.05, 0) is 41.5 Å². The predicted octanol–water partition coefficient (Wildman–Crippen LogP) is 2.37. The zero-order valence-corrected chi connectivity index (χ0v) is 20.4. The van der Waals surface area contributed by atoms with E-state index in [1.54, 1.807) is 36.5 Å². The van der Waals surface area contributed by atoms with E-state index in [1.807, 2.05) is 24.3 Å². The molecule has 5 rings (SSSR count). The largest absolute Gasteiger partial charge is 0.326 e. The fourth-order valence-electron chi connectivity index (χ4n) is 3.86. The number of amides is 2. The summed E-state index contributed by atoms with van der Waals surface area (Å²) in [5.41, 5.74) is 4.49. The van der Waals surface area contributed by atoms with Gasteiger partial charge in [0.05, 0.1) is 17.9 Å². The van der Waals surface area contributed by atoms with Crippen LogP contribution < -0.4 is 16.1 Å². The highest BCUT2D eigenvalue weighted by Crippen LogP contribution is 2.45. The number of thioether (sulfide) groups is 1. The van der Waals surface area contributed by atoms with Crippen LogP contribution in [0, 0.1) is 11.8 Å². The molecule has 0 saturated heterocycles. The summed E-state index contributed by atoms with van der Waals surface area (Å²) in [6.07, 6.45) is 10.1. The molecule has 0 aromatic carbocycles. The quantitative estimate of drug-likeness (QED) is 0.380. The lowest BCUT2D eigenvalue weighted by Gasteiger charge is -2.11. The molecule has 0 radical (unpaired) electrons. The van der Waals surface area contributed by atoms with E-state index in [2.05, 4.69) is 41.3 Å². The molecule has 1 aliphatic heterocycles. The Morgan fingerprint density at radius 1 is 0.971 bits per heavy atom. The van der Waals surface area contributed by atoms with Gasteiger partial charge < -0.3 is 10.6 Å². The highest BCUT2D eigenvalue weighted by molar-refractivity contribution is 8.14. The number of carbonyl (C=O) groups is 2. The molecular formula is C23H24N8O2S2. The van der Waals surface area contributed by atoms with Gasteiger partial charge >= 0.3 is 0 Å². The summed E-state index contributed by atoms with van der Waals surface area (Å²) in [7, 11) is 0. The van der Waals surface area contributed by atoms with Gasteiger partial charge in [-0.15, -0.1) is 10.2 Å². The number of rotatable bonds is 10. The van der Waals surface area contributed by atoms with Crippen LogP contribution in [0.4, 0.5) is 5.13 Å². The van der Waals surface area contributed by atoms with Crippen LogP contribution in [-0.2, 0) is 28.9 Å². The maximum atomic E-state index is 12.2. The van der Waals surface area contributed by atoms with E-state index in [1.165, 1.54) is 11.3 Å². The summed E-state index contributed by atoms with van der Waals surface area (Å²) in [6.45, 7) is 0. The summed E-state index contributed by atoms with van der Waals surface area (Å²) >= 11 is 2.98. The molecule has 12 heteroatoms. The molecule has 2 amide bonds. The molecule has 3 atom stereocenters. The Morgan fingerprint density at radius 2 is 1.69 bits per heavy atom. The van der Waals surface area contributed by atoms with Gasteiger partial charge in [0.15, 0.2) is 5.50 Å². The van der Waals surface area contributed by atoms with Crippen LogP contribution >= 0.6 is 23.1 Å². The second-order valence-electron chi connectivity index (χ2n) is 8.49. The highest BCUT2D eigenvalue weighted by Gasteiger charge is 2.39. The topological polar surface area (TPSA) is 134 Å². The Hall–Kier alpha value is -3.38. The van der Waals surface area contributed by atoms with E-state index in [4.69, 9.17) is 0 Å². The van der Waals surface area contributed by atoms with Crippen LogP contribution in [0.1, 0.15) is 29.0 Å². The normalized spacial score (nSPS) is 20.6. The summed E-state index contributed by atoms with van der Waals surface area (Å²) in [5, 5.41) is 21.0. The van der Waals surface area contributed by atoms with Gasteiger partial charge in [-0.2, -0.15) is 5.10 Å². The van der Waals surface area contributed by atoms with E-state index in [9.17, 15) is 9.59 Å². The van der Waals surface area contributed by atoms with Crippen molar-refractivity contribution in [1.29, 1.82) is 0 Å². The van der Waals surface area contributed by atoms with Gasteiger partial charge in [0.2, 0.25) is 16.9 Å². The molecule has 10 nitrogen and oxygen atoms in total. The van der Waals surface area contributed by atoms with Gasteiger partial charge in [0.1, 0.15) is 5.01 Å². The molecule has 3 N–H and O–H groups in total. The van der Waals surface area contributed by atoms with Gasteiger partial charge in [-0.25, -0.2) is 0 Å². The first-order valence-corrected chi connectivity index (χ1v) is 13.0. The first kappa shape index (κ1) is 23.4. The summed E-state index contributed by atoms with van der Waals surface area (Å²) in [4.78, 5) is 32.5. The molecule has 1 aliphatic carbocycles. The van der Waals surface area contributed by atoms with Crippen molar-refractivity contribution < 1.29 is 9.59 Å². The lowest BCUT2D eigenvalue weighted by Crippen LogP contribution is -2.39. The molecule has 1 unspecified atom stereocenters. The molecule has 3 aromatic heterocycles. The smallest absolute Gasteiger partial charge is 0.230 e. The number of anilines is 1. The van der Waals surface area contributed by atoms with E-state index in [-0.39, 0.29) is 23.7 Å². The van der Waals surface area contributed by atoms with Gasteiger partial charge in [-0.1, -0.05) is 35.2 Å². The number of hydrogen-bond acceptors (Lipinski definition) is 10. The first-order valence-electron chi connectivity index (χ1n) is 11.3. The lowest BCUT2D eigenvalue weighted by atomic mass is 10.2. The van der Waals surface area contributed by atoms with Crippen LogP contribution in [0.3, 0.4) is 0 Å². The van der Waals surface area contributed by atoms with Crippen LogP contribution in [-0.4, -0.2) is 42.5 Å². The van der Waals surface area contributed by atoms with Gasteiger partial charge in [0, 0.05) is 37.6 Å². The average molecular weight is 509 g/mol. The molecule has 0 spiro atoms. The van der Waals surface area contributed by atoms with E-state index < -0.39 is 0 Å². The Balaban J connectivity index is 1.01. The summed E-state index contributed by atoms with van der Waals surface area (Å²) in [6, 6.07) is 7.38. The predicted molar refractivity (Wildman–Crippen MR) is 134 cm³/mol. The number of nitrogens with zero attached hydrogens (tertiary/aromatic N) is 5. The summed E-state index contributed by atoms with van der Waals surface area (Å²) < 4.78 is 0. The monoisotopic (exact) mass is 508 g/mol. The van der Waals surface area contributed by atoms with Crippen molar-refractivity contribution in [2.45, 2.75) is 37.6 Å². The SMILES string of the molecule is O=C(Cc1cccnc1)Nc1nnc(C[C@H]2C[C@@H]2CC2=NNC(NC(=O)Cc3cccnc3)S2)s1. The molecule has 2 aliphatic rings. The molecule has 4 heterocycles. The molecule has 0 bridgehead atoms. The van der Waals surface area contributed by atoms with Crippen LogP contribution in [0.5, 0.6) is 0 Å². The third-order valence-electron chi connectivity index (χ3n) is 5.68. The zero-order valence-electron chi connectivity index (χ0n) is 18.8. The van der Waals surface area contributed by atoms with Crippen molar-refractivity contribution >= 4 is 45.1 Å². The number of carbonyl (C=O) groups excluding carboxylic acids is 2. The number of aromatic nitrogens is 4. The Bertz CT molecular complexity index is 1200. The Labute approximate surface area is 210 Å². The Kier molecular flexibility index (Phi) is 7.28. The fraction of sp³-hybridized carbons (Fsp3) is 0.348. The van der Waals surface area contributed by atoms with Crippen molar-refractivity contribution in [1.82, 2.24) is 30.9 Å². The second kappa shape index (κ2) is 10.9. The number of hydrogen-bond donors (Lipinski definition) is 3. The third kappa shape index (κ3) is 6.83.